The molecule has 162 valence electrons. The van der Waals surface area contributed by atoms with Crippen LogP contribution < -0.4 is 10.2 Å². The fraction of sp³-hybridized carbons (Fsp3) is 0.435. The second kappa shape index (κ2) is 9.62. The molecule has 0 spiro atoms. The first-order valence-electron chi connectivity index (χ1n) is 10.6. The Kier molecular flexibility index (Phi) is 7.15. The molecule has 1 N–H and O–H groups in total. The van der Waals surface area contributed by atoms with Gasteiger partial charge in [0.05, 0.1) is 4.90 Å². The molecule has 6 nitrogen and oxygen atoms in total. The van der Waals surface area contributed by atoms with E-state index in [9.17, 15) is 13.2 Å². The van der Waals surface area contributed by atoms with Gasteiger partial charge in [-0.15, -0.1) is 0 Å². The zero-order valence-electron chi connectivity index (χ0n) is 18.0. The molecule has 30 heavy (non-hydrogen) atoms. The molecule has 1 aliphatic rings. The molecule has 7 heteroatoms. The van der Waals surface area contributed by atoms with Crippen molar-refractivity contribution in [2.75, 3.05) is 31.1 Å². The third-order valence-corrected chi connectivity index (χ3v) is 7.72. The highest BCUT2D eigenvalue weighted by atomic mass is 32.2. The van der Waals surface area contributed by atoms with Crippen LogP contribution in [0, 0.1) is 6.92 Å². The Balaban J connectivity index is 1.80. The fourth-order valence-electron chi connectivity index (χ4n) is 3.92. The Labute approximate surface area is 179 Å². The molecule has 0 radical (unpaired) electrons. The number of para-hydroxylation sites is 1. The summed E-state index contributed by atoms with van der Waals surface area (Å²) in [6, 6.07) is 12.9. The van der Waals surface area contributed by atoms with Crippen molar-refractivity contribution in [3.63, 3.8) is 0 Å². The van der Waals surface area contributed by atoms with Gasteiger partial charge in [0.25, 0.3) is 5.91 Å². The van der Waals surface area contributed by atoms with Gasteiger partial charge in [-0.1, -0.05) is 38.1 Å². The van der Waals surface area contributed by atoms with Crippen molar-refractivity contribution in [1.29, 1.82) is 0 Å². The summed E-state index contributed by atoms with van der Waals surface area (Å²) >= 11 is 0. The Hall–Kier alpha value is -2.38. The molecular formula is C23H31N3O3S. The van der Waals surface area contributed by atoms with Gasteiger partial charge < -0.3 is 10.2 Å². The third kappa shape index (κ3) is 4.68. The summed E-state index contributed by atoms with van der Waals surface area (Å²) in [4.78, 5) is 15.4. The summed E-state index contributed by atoms with van der Waals surface area (Å²) in [7, 11) is -3.61. The molecule has 2 aromatic rings. The molecule has 1 amide bonds. The molecule has 1 aliphatic heterocycles. The van der Waals surface area contributed by atoms with Crippen molar-refractivity contribution >= 4 is 21.6 Å². The number of aryl methyl sites for hydroxylation is 1. The van der Waals surface area contributed by atoms with Crippen LogP contribution in [-0.2, 0) is 16.6 Å². The van der Waals surface area contributed by atoms with Crippen molar-refractivity contribution in [3.8, 4) is 0 Å². The number of nitrogens with one attached hydrogen (secondary N) is 1. The molecular weight excluding hydrogens is 398 g/mol. The second-order valence-corrected chi connectivity index (χ2v) is 9.51. The van der Waals surface area contributed by atoms with E-state index in [0.717, 1.165) is 29.9 Å². The molecule has 0 aromatic heterocycles. The Morgan fingerprint density at radius 3 is 2.40 bits per heavy atom. The van der Waals surface area contributed by atoms with E-state index >= 15 is 0 Å². The number of nitrogens with zero attached hydrogens (tertiary/aromatic N) is 2. The summed E-state index contributed by atoms with van der Waals surface area (Å²) in [5.74, 6) is -0.264. The molecule has 3 rings (SSSR count). The lowest BCUT2D eigenvalue weighted by Gasteiger charge is -2.22. The van der Waals surface area contributed by atoms with Crippen molar-refractivity contribution in [1.82, 2.24) is 9.62 Å². The average molecular weight is 430 g/mol. The van der Waals surface area contributed by atoms with Gasteiger partial charge in [0.1, 0.15) is 0 Å². The zero-order valence-corrected chi connectivity index (χ0v) is 18.8. The Morgan fingerprint density at radius 1 is 1.07 bits per heavy atom. The minimum Gasteiger partial charge on any atom is -0.371 e. The summed E-state index contributed by atoms with van der Waals surface area (Å²) in [5.41, 5.74) is 3.36. The second-order valence-electron chi connectivity index (χ2n) is 7.57. The number of rotatable bonds is 8. The van der Waals surface area contributed by atoms with E-state index in [1.54, 1.807) is 26.0 Å². The van der Waals surface area contributed by atoms with E-state index < -0.39 is 10.0 Å². The quantitative estimate of drug-likeness (QED) is 0.697. The number of amides is 1. The van der Waals surface area contributed by atoms with Gasteiger partial charge in [-0.2, -0.15) is 4.31 Å². The summed E-state index contributed by atoms with van der Waals surface area (Å²) < 4.78 is 27.1. The molecule has 0 bridgehead atoms. The SMILES string of the molecule is CCN(CC)S(=O)(=O)c1ccc(C)c(C(=O)NCc2ccccc2N2CCCC2)c1. The molecule has 2 aromatic carbocycles. The minimum atomic E-state index is -3.61. The number of hydrogen-bond donors (Lipinski definition) is 1. The highest BCUT2D eigenvalue weighted by molar-refractivity contribution is 7.89. The van der Waals surface area contributed by atoms with E-state index in [-0.39, 0.29) is 10.8 Å². The zero-order chi connectivity index (χ0) is 21.7. The number of hydrogen-bond acceptors (Lipinski definition) is 4. The summed E-state index contributed by atoms with van der Waals surface area (Å²) in [5, 5.41) is 2.98. The maximum Gasteiger partial charge on any atom is 0.251 e. The number of benzene rings is 2. The van der Waals surface area contributed by atoms with Gasteiger partial charge in [-0.05, 0) is 49.1 Å². The molecule has 0 aliphatic carbocycles. The van der Waals surface area contributed by atoms with Gasteiger partial charge in [-0.25, -0.2) is 8.42 Å². The van der Waals surface area contributed by atoms with Crippen LogP contribution in [0.5, 0.6) is 0 Å². The van der Waals surface area contributed by atoms with E-state index in [1.807, 2.05) is 25.1 Å². The molecule has 1 saturated heterocycles. The van der Waals surface area contributed by atoms with Crippen LogP contribution in [-0.4, -0.2) is 44.8 Å². The first kappa shape index (κ1) is 22.3. The largest absolute Gasteiger partial charge is 0.371 e. The first-order chi connectivity index (χ1) is 14.4. The lowest BCUT2D eigenvalue weighted by Crippen LogP contribution is -2.31. The molecule has 1 heterocycles. The van der Waals surface area contributed by atoms with Crippen molar-refractivity contribution in [2.24, 2.45) is 0 Å². The Morgan fingerprint density at radius 2 is 1.73 bits per heavy atom. The van der Waals surface area contributed by atoms with E-state index in [0.29, 0.717) is 25.2 Å². The van der Waals surface area contributed by atoms with E-state index in [2.05, 4.69) is 16.3 Å². The molecule has 0 atom stereocenters. The van der Waals surface area contributed by atoms with Gasteiger partial charge in [0.15, 0.2) is 0 Å². The fourth-order valence-corrected chi connectivity index (χ4v) is 5.40. The maximum atomic E-state index is 12.9. The number of sulfonamides is 1. The van der Waals surface area contributed by atoms with Gasteiger partial charge in [-0.3, -0.25) is 4.79 Å². The summed E-state index contributed by atoms with van der Waals surface area (Å²) in [6.07, 6.45) is 2.38. The van der Waals surface area contributed by atoms with E-state index in [4.69, 9.17) is 0 Å². The standard InChI is InChI=1S/C23H31N3O3S/c1-4-26(5-2)30(28,29)20-13-12-18(3)21(16-20)23(27)24-17-19-10-6-7-11-22(19)25-14-8-9-15-25/h6-7,10-13,16H,4-5,8-9,14-15,17H2,1-3H3,(H,24,27). The maximum absolute atomic E-state index is 12.9. The monoisotopic (exact) mass is 429 g/mol. The van der Waals surface area contributed by atoms with Crippen molar-refractivity contribution in [2.45, 2.75) is 45.1 Å². The predicted octanol–water partition coefficient (Wildman–Crippen LogP) is 3.56. The molecule has 0 saturated carbocycles. The molecule has 1 fully saturated rings. The lowest BCUT2D eigenvalue weighted by molar-refractivity contribution is 0.0950. The molecule has 0 unspecified atom stereocenters. The normalized spacial score (nSPS) is 14.3. The summed E-state index contributed by atoms with van der Waals surface area (Å²) in [6.45, 7) is 8.69. The lowest BCUT2D eigenvalue weighted by atomic mass is 10.1. The van der Waals surface area contributed by atoms with Gasteiger partial charge in [0.2, 0.25) is 10.0 Å². The van der Waals surface area contributed by atoms with Crippen LogP contribution >= 0.6 is 0 Å². The topological polar surface area (TPSA) is 69.7 Å². The first-order valence-corrected chi connectivity index (χ1v) is 12.0. The Bertz CT molecular complexity index is 995. The van der Waals surface area contributed by atoms with E-state index in [1.165, 1.54) is 23.2 Å². The van der Waals surface area contributed by atoms with Crippen LogP contribution in [0.3, 0.4) is 0 Å². The number of carbonyl (C=O) groups is 1. The average Bonchev–Trinajstić information content (AvgIpc) is 3.28. The van der Waals surface area contributed by atoms with Crippen LogP contribution in [0.2, 0.25) is 0 Å². The number of carbonyl (C=O) groups excluding carboxylic acids is 1. The smallest absolute Gasteiger partial charge is 0.251 e. The highest BCUT2D eigenvalue weighted by Crippen LogP contribution is 2.25. The minimum absolute atomic E-state index is 0.152. The van der Waals surface area contributed by atoms with Crippen molar-refractivity contribution < 1.29 is 13.2 Å². The van der Waals surface area contributed by atoms with Gasteiger partial charge >= 0.3 is 0 Å². The number of anilines is 1. The highest BCUT2D eigenvalue weighted by Gasteiger charge is 2.23. The van der Waals surface area contributed by atoms with Crippen LogP contribution in [0.25, 0.3) is 0 Å². The van der Waals surface area contributed by atoms with Crippen LogP contribution in [0.1, 0.15) is 48.2 Å². The predicted molar refractivity (Wildman–Crippen MR) is 120 cm³/mol. The van der Waals surface area contributed by atoms with Crippen LogP contribution in [0.15, 0.2) is 47.4 Å². The van der Waals surface area contributed by atoms with Gasteiger partial charge in [0, 0.05) is 44.0 Å². The van der Waals surface area contributed by atoms with Crippen LogP contribution in [0.4, 0.5) is 5.69 Å². The third-order valence-electron chi connectivity index (χ3n) is 5.67. The van der Waals surface area contributed by atoms with Crippen molar-refractivity contribution in [3.05, 3.63) is 59.2 Å².